The predicted molar refractivity (Wildman–Crippen MR) is 66.3 cm³/mol. The summed E-state index contributed by atoms with van der Waals surface area (Å²) in [6, 6.07) is 5.80. The Morgan fingerprint density at radius 1 is 1.24 bits per heavy atom. The van der Waals surface area contributed by atoms with Gasteiger partial charge in [0.15, 0.2) is 0 Å². The second-order valence-corrected chi connectivity index (χ2v) is 6.88. The standard InChI is InChI=1S/C13H17NO2S/c1-10-6-7-13-11(9-10)12-5-3-2-4-8-14(12)17(13,15)16/h6-7,9,12H,2-5,8H2,1H3. The average Bonchev–Trinajstić information content (AvgIpc) is 2.49. The van der Waals surface area contributed by atoms with Crippen LogP contribution in [0.15, 0.2) is 23.1 Å². The fourth-order valence-electron chi connectivity index (χ4n) is 2.97. The third kappa shape index (κ3) is 1.62. The topological polar surface area (TPSA) is 37.4 Å². The Bertz CT molecular complexity index is 551. The molecule has 92 valence electrons. The maximum absolute atomic E-state index is 12.4. The lowest BCUT2D eigenvalue weighted by molar-refractivity contribution is 0.346. The monoisotopic (exact) mass is 251 g/mol. The second-order valence-electron chi connectivity index (χ2n) is 5.02. The average molecular weight is 251 g/mol. The first kappa shape index (κ1) is 11.2. The van der Waals surface area contributed by atoms with Crippen LogP contribution in [0.5, 0.6) is 0 Å². The van der Waals surface area contributed by atoms with Gasteiger partial charge in [0.1, 0.15) is 0 Å². The van der Waals surface area contributed by atoms with Gasteiger partial charge in [0.25, 0.3) is 0 Å². The molecule has 0 radical (unpaired) electrons. The van der Waals surface area contributed by atoms with E-state index in [9.17, 15) is 8.42 Å². The van der Waals surface area contributed by atoms with Crippen molar-refractivity contribution in [3.8, 4) is 0 Å². The van der Waals surface area contributed by atoms with Gasteiger partial charge in [0, 0.05) is 6.54 Å². The minimum Gasteiger partial charge on any atom is -0.207 e. The zero-order valence-electron chi connectivity index (χ0n) is 10.0. The van der Waals surface area contributed by atoms with E-state index in [0.717, 1.165) is 36.8 Å². The van der Waals surface area contributed by atoms with Crippen LogP contribution in [0.25, 0.3) is 0 Å². The van der Waals surface area contributed by atoms with Gasteiger partial charge in [-0.1, -0.05) is 30.5 Å². The van der Waals surface area contributed by atoms with E-state index in [1.54, 1.807) is 10.4 Å². The molecular weight excluding hydrogens is 234 g/mol. The van der Waals surface area contributed by atoms with Crippen LogP contribution in [0.3, 0.4) is 0 Å². The summed E-state index contributed by atoms with van der Waals surface area (Å²) in [5.41, 5.74) is 2.16. The largest absolute Gasteiger partial charge is 0.243 e. The van der Waals surface area contributed by atoms with Gasteiger partial charge in [0.05, 0.1) is 10.9 Å². The van der Waals surface area contributed by atoms with Crippen LogP contribution in [0, 0.1) is 6.92 Å². The van der Waals surface area contributed by atoms with Crippen LogP contribution in [0.4, 0.5) is 0 Å². The Kier molecular flexibility index (Phi) is 2.52. The molecule has 1 saturated heterocycles. The molecule has 2 aliphatic rings. The van der Waals surface area contributed by atoms with Crippen LogP contribution < -0.4 is 0 Å². The van der Waals surface area contributed by atoms with E-state index < -0.39 is 10.0 Å². The molecule has 2 heterocycles. The molecule has 2 aliphatic heterocycles. The Morgan fingerprint density at radius 2 is 2.06 bits per heavy atom. The normalized spacial score (nSPS) is 27.2. The van der Waals surface area contributed by atoms with Gasteiger partial charge in [-0.2, -0.15) is 4.31 Å². The summed E-state index contributed by atoms with van der Waals surface area (Å²) in [7, 11) is -3.21. The molecule has 1 atom stereocenters. The minimum absolute atomic E-state index is 0.0948. The Morgan fingerprint density at radius 3 is 2.88 bits per heavy atom. The highest BCUT2D eigenvalue weighted by molar-refractivity contribution is 7.89. The van der Waals surface area contributed by atoms with Crippen molar-refractivity contribution in [3.05, 3.63) is 29.3 Å². The van der Waals surface area contributed by atoms with Crippen LogP contribution in [-0.2, 0) is 10.0 Å². The molecule has 17 heavy (non-hydrogen) atoms. The highest BCUT2D eigenvalue weighted by Gasteiger charge is 2.42. The molecule has 0 N–H and O–H groups in total. The van der Waals surface area contributed by atoms with Gasteiger partial charge in [-0.25, -0.2) is 8.42 Å². The minimum atomic E-state index is -3.21. The third-order valence-corrected chi connectivity index (χ3v) is 5.80. The fraction of sp³-hybridized carbons (Fsp3) is 0.538. The molecule has 0 bridgehead atoms. The smallest absolute Gasteiger partial charge is 0.207 e. The number of hydrogen-bond acceptors (Lipinski definition) is 2. The predicted octanol–water partition coefficient (Wildman–Crippen LogP) is 2.61. The molecule has 1 fully saturated rings. The summed E-state index contributed by atoms with van der Waals surface area (Å²) in [4.78, 5) is 0.537. The van der Waals surface area contributed by atoms with Crippen molar-refractivity contribution in [1.82, 2.24) is 4.31 Å². The van der Waals surface area contributed by atoms with Gasteiger partial charge >= 0.3 is 0 Å². The number of nitrogens with zero attached hydrogens (tertiary/aromatic N) is 1. The fourth-order valence-corrected chi connectivity index (χ4v) is 4.88. The number of aryl methyl sites for hydroxylation is 1. The van der Waals surface area contributed by atoms with Gasteiger partial charge in [-0.3, -0.25) is 0 Å². The lowest BCUT2D eigenvalue weighted by Gasteiger charge is -2.20. The van der Waals surface area contributed by atoms with Crippen LogP contribution in [-0.4, -0.2) is 19.3 Å². The summed E-state index contributed by atoms with van der Waals surface area (Å²) in [6.45, 7) is 2.70. The lowest BCUT2D eigenvalue weighted by Crippen LogP contribution is -2.28. The molecule has 1 aromatic carbocycles. The van der Waals surface area contributed by atoms with Crippen molar-refractivity contribution < 1.29 is 8.42 Å². The molecule has 1 unspecified atom stereocenters. The quantitative estimate of drug-likeness (QED) is 0.711. The number of hydrogen-bond donors (Lipinski definition) is 0. The number of rotatable bonds is 0. The van der Waals surface area contributed by atoms with E-state index in [1.165, 1.54) is 0 Å². The number of fused-ring (bicyclic) bond motifs is 3. The molecular formula is C13H17NO2S. The Labute approximate surface area is 102 Å². The van der Waals surface area contributed by atoms with Crippen LogP contribution in [0.2, 0.25) is 0 Å². The summed E-state index contributed by atoms with van der Waals surface area (Å²) < 4.78 is 26.5. The van der Waals surface area contributed by atoms with E-state index in [4.69, 9.17) is 0 Å². The van der Waals surface area contributed by atoms with Gasteiger partial charge in [-0.05, 0) is 31.4 Å². The first-order valence-corrected chi connectivity index (χ1v) is 7.67. The van der Waals surface area contributed by atoms with Crippen LogP contribution >= 0.6 is 0 Å². The van der Waals surface area contributed by atoms with Crippen molar-refractivity contribution in [3.63, 3.8) is 0 Å². The molecule has 3 rings (SSSR count). The van der Waals surface area contributed by atoms with Crippen molar-refractivity contribution in [2.75, 3.05) is 6.54 Å². The highest BCUT2D eigenvalue weighted by Crippen LogP contribution is 2.43. The molecule has 0 aromatic heterocycles. The maximum atomic E-state index is 12.4. The number of benzene rings is 1. The summed E-state index contributed by atoms with van der Waals surface area (Å²) in [5.74, 6) is 0. The molecule has 0 spiro atoms. The Hall–Kier alpha value is -0.870. The van der Waals surface area contributed by atoms with Crippen molar-refractivity contribution >= 4 is 10.0 Å². The van der Waals surface area contributed by atoms with E-state index >= 15 is 0 Å². The van der Waals surface area contributed by atoms with Crippen LogP contribution in [0.1, 0.15) is 42.9 Å². The zero-order valence-corrected chi connectivity index (χ0v) is 10.8. The van der Waals surface area contributed by atoms with Crippen molar-refractivity contribution in [1.29, 1.82) is 0 Å². The Balaban J connectivity index is 2.18. The molecule has 0 amide bonds. The van der Waals surface area contributed by atoms with E-state index in [0.29, 0.717) is 11.4 Å². The molecule has 1 aromatic rings. The molecule has 4 heteroatoms. The summed E-state index contributed by atoms with van der Waals surface area (Å²) in [6.07, 6.45) is 4.23. The zero-order chi connectivity index (χ0) is 12.0. The first-order chi connectivity index (χ1) is 8.10. The summed E-state index contributed by atoms with van der Waals surface area (Å²) >= 11 is 0. The highest BCUT2D eigenvalue weighted by atomic mass is 32.2. The SMILES string of the molecule is Cc1ccc2c(c1)C1CCCCCN1S2(=O)=O. The number of sulfonamides is 1. The maximum Gasteiger partial charge on any atom is 0.243 e. The van der Waals surface area contributed by atoms with Crippen molar-refractivity contribution in [2.45, 2.75) is 43.5 Å². The molecule has 0 saturated carbocycles. The van der Waals surface area contributed by atoms with Crippen molar-refractivity contribution in [2.24, 2.45) is 0 Å². The second kappa shape index (κ2) is 3.82. The van der Waals surface area contributed by atoms with E-state index in [-0.39, 0.29) is 6.04 Å². The lowest BCUT2D eigenvalue weighted by atomic mass is 10.0. The van der Waals surface area contributed by atoms with Gasteiger partial charge in [0.2, 0.25) is 10.0 Å². The van der Waals surface area contributed by atoms with Gasteiger partial charge < -0.3 is 0 Å². The first-order valence-electron chi connectivity index (χ1n) is 6.23. The summed E-state index contributed by atoms with van der Waals surface area (Å²) in [5, 5.41) is 0. The third-order valence-electron chi connectivity index (χ3n) is 3.81. The molecule has 0 aliphatic carbocycles. The van der Waals surface area contributed by atoms with E-state index in [2.05, 4.69) is 0 Å². The molecule has 3 nitrogen and oxygen atoms in total. The van der Waals surface area contributed by atoms with Gasteiger partial charge in [-0.15, -0.1) is 0 Å². The van der Waals surface area contributed by atoms with E-state index in [1.807, 2.05) is 19.1 Å².